The van der Waals surface area contributed by atoms with Gasteiger partial charge in [0.05, 0.1) is 38.1 Å². The van der Waals surface area contributed by atoms with Crippen LogP contribution in [0, 0.1) is 10.8 Å². The molecule has 2 saturated heterocycles. The maximum atomic E-state index is 12.4. The molecule has 0 aromatic heterocycles. The summed E-state index contributed by atoms with van der Waals surface area (Å²) in [7, 11) is 2.46. The molecule has 12 nitrogen and oxygen atoms in total. The van der Waals surface area contributed by atoms with Crippen molar-refractivity contribution in [1.29, 1.82) is 0 Å². The number of hydrogen-bond donors (Lipinski definition) is 0. The average molecular weight is 629 g/mol. The van der Waals surface area contributed by atoms with Crippen molar-refractivity contribution in [2.24, 2.45) is 10.8 Å². The number of esters is 2. The Kier molecular flexibility index (Phi) is 12.2. The van der Waals surface area contributed by atoms with Gasteiger partial charge >= 0.3 is 24.1 Å². The molecular formula is C33H44N2O10. The number of allylic oxidation sites excluding steroid dienone is 2. The van der Waals surface area contributed by atoms with Crippen LogP contribution in [0.4, 0.5) is 9.59 Å². The molecule has 0 saturated carbocycles. The van der Waals surface area contributed by atoms with Crippen molar-refractivity contribution < 1.29 is 47.7 Å². The zero-order chi connectivity index (χ0) is 34.2. The van der Waals surface area contributed by atoms with Crippen LogP contribution >= 0.6 is 0 Å². The van der Waals surface area contributed by atoms with Crippen LogP contribution in [0.5, 0.6) is 0 Å². The minimum Gasteiger partial charge on any atom is -0.467 e. The summed E-state index contributed by atoms with van der Waals surface area (Å²) in [5.41, 5.74) is -1.98. The first-order valence-corrected chi connectivity index (χ1v) is 14.4. The minimum absolute atomic E-state index is 0.0659. The van der Waals surface area contributed by atoms with Crippen LogP contribution in [0.25, 0.3) is 0 Å². The number of ether oxygens (including phenoxy) is 4. The first kappa shape index (κ1) is 36.7. The maximum Gasteiger partial charge on any atom is 0.411 e. The number of carbonyl (C=O) groups excluding carboxylic acids is 6. The summed E-state index contributed by atoms with van der Waals surface area (Å²) in [6.07, 6.45) is 2.27. The average Bonchev–Trinajstić information content (AvgIpc) is 3.40. The lowest BCUT2D eigenvalue weighted by Gasteiger charge is -2.32. The zero-order valence-corrected chi connectivity index (χ0v) is 27.1. The smallest absolute Gasteiger partial charge is 0.411 e. The summed E-state index contributed by atoms with van der Waals surface area (Å²) >= 11 is 0. The number of likely N-dealkylation sites (tertiary alicyclic amines) is 2. The van der Waals surface area contributed by atoms with E-state index in [0.717, 1.165) is 15.4 Å². The fourth-order valence-electron chi connectivity index (χ4n) is 5.36. The molecule has 45 heavy (non-hydrogen) atoms. The summed E-state index contributed by atoms with van der Waals surface area (Å²) in [5.74, 6) is -1.68. The molecule has 1 aromatic rings. The maximum absolute atomic E-state index is 12.4. The topological polar surface area (TPSA) is 146 Å². The molecule has 0 bridgehead atoms. The lowest BCUT2D eigenvalue weighted by Crippen LogP contribution is -2.49. The quantitative estimate of drug-likeness (QED) is 0.232. The Balaban J connectivity index is 0.000000317. The molecule has 1 aromatic carbocycles. The van der Waals surface area contributed by atoms with Gasteiger partial charge in [-0.3, -0.25) is 19.4 Å². The van der Waals surface area contributed by atoms with Crippen molar-refractivity contribution >= 4 is 35.7 Å². The second-order valence-electron chi connectivity index (χ2n) is 12.3. The Morgan fingerprint density at radius 1 is 0.822 bits per heavy atom. The Morgan fingerprint density at radius 3 is 1.62 bits per heavy atom. The molecule has 2 heterocycles. The first-order chi connectivity index (χ1) is 21.0. The van der Waals surface area contributed by atoms with Gasteiger partial charge in [0.1, 0.15) is 24.3 Å². The van der Waals surface area contributed by atoms with Crippen molar-refractivity contribution in [3.63, 3.8) is 0 Å². The van der Waals surface area contributed by atoms with Crippen molar-refractivity contribution in [3.05, 3.63) is 61.2 Å². The Bertz CT molecular complexity index is 1300. The standard InChI is InChI=1S/C18H21NO5.C15H23NO5/c1-4-10-18(2)14(20)11-19(15(18)16(21)23-3)17(22)24-12-13-8-6-5-7-9-13;1-7-8-15(5)10(17)9-16(11(15)12(18)20-6)13(19)21-14(2,3)4/h4-9,15H,1,10-12H2,2-3H3;7,11H,1,8-9H2,2-6H3/t15-,18-;11-,15-/m11/s1. The normalized spacial score (nSPS) is 24.2. The summed E-state index contributed by atoms with van der Waals surface area (Å²) in [6.45, 7) is 15.4. The number of carbonyl (C=O) groups is 6. The summed E-state index contributed by atoms with van der Waals surface area (Å²) in [5, 5.41) is 0. The van der Waals surface area contributed by atoms with Crippen LogP contribution < -0.4 is 0 Å². The van der Waals surface area contributed by atoms with E-state index in [-0.39, 0.29) is 44.1 Å². The highest BCUT2D eigenvalue weighted by Crippen LogP contribution is 2.40. The van der Waals surface area contributed by atoms with Crippen molar-refractivity contribution in [3.8, 4) is 0 Å². The number of hydrogen-bond acceptors (Lipinski definition) is 10. The Labute approximate surface area is 264 Å². The number of ketones is 2. The van der Waals surface area contributed by atoms with Gasteiger partial charge in [0.25, 0.3) is 0 Å². The summed E-state index contributed by atoms with van der Waals surface area (Å²) in [6, 6.07) is 7.16. The van der Waals surface area contributed by atoms with E-state index in [2.05, 4.69) is 13.2 Å². The van der Waals surface area contributed by atoms with E-state index in [1.54, 1.807) is 46.8 Å². The lowest BCUT2D eigenvalue weighted by atomic mass is 9.78. The molecule has 2 aliphatic rings. The molecule has 246 valence electrons. The minimum atomic E-state index is -1.05. The van der Waals surface area contributed by atoms with Gasteiger partial charge in [-0.1, -0.05) is 42.5 Å². The van der Waals surface area contributed by atoms with Gasteiger partial charge in [0, 0.05) is 0 Å². The summed E-state index contributed by atoms with van der Waals surface area (Å²) < 4.78 is 20.1. The molecule has 2 amide bonds. The van der Waals surface area contributed by atoms with Crippen LogP contribution in [-0.4, -0.2) is 90.5 Å². The second kappa shape index (κ2) is 15.0. The van der Waals surface area contributed by atoms with Gasteiger partial charge in [-0.05, 0) is 53.0 Å². The molecule has 2 fully saturated rings. The molecular weight excluding hydrogens is 584 g/mol. The highest BCUT2D eigenvalue weighted by molar-refractivity contribution is 6.01. The number of rotatable bonds is 8. The highest BCUT2D eigenvalue weighted by Gasteiger charge is 2.57. The third kappa shape index (κ3) is 8.37. The largest absolute Gasteiger partial charge is 0.467 e. The van der Waals surface area contributed by atoms with E-state index < -0.39 is 52.6 Å². The SMILES string of the molecule is C=CC[C@]1(C)C(=O)CN(C(=O)OC(C)(C)C)[C@@H]1C(=O)OC.C=CC[C@]1(C)C(=O)CN(C(=O)OCc2ccccc2)[C@@H]1C(=O)OC. The third-order valence-corrected chi connectivity index (χ3v) is 7.79. The van der Waals surface area contributed by atoms with Crippen LogP contribution in [0.15, 0.2) is 55.6 Å². The predicted molar refractivity (Wildman–Crippen MR) is 164 cm³/mol. The van der Waals surface area contributed by atoms with E-state index in [4.69, 9.17) is 18.9 Å². The van der Waals surface area contributed by atoms with E-state index in [0.29, 0.717) is 0 Å². The second-order valence-corrected chi connectivity index (χ2v) is 12.3. The van der Waals surface area contributed by atoms with Crippen LogP contribution in [0.3, 0.4) is 0 Å². The number of nitrogens with zero attached hydrogens (tertiary/aromatic N) is 2. The third-order valence-electron chi connectivity index (χ3n) is 7.79. The molecule has 0 unspecified atom stereocenters. The van der Waals surface area contributed by atoms with E-state index in [9.17, 15) is 28.8 Å². The van der Waals surface area contributed by atoms with Crippen molar-refractivity contribution in [2.45, 2.75) is 71.8 Å². The molecule has 0 radical (unpaired) electrons. The van der Waals surface area contributed by atoms with Crippen molar-refractivity contribution in [2.75, 3.05) is 27.3 Å². The molecule has 2 aliphatic heterocycles. The highest BCUT2D eigenvalue weighted by atomic mass is 16.6. The fourth-order valence-corrected chi connectivity index (χ4v) is 5.36. The van der Waals surface area contributed by atoms with Crippen molar-refractivity contribution in [1.82, 2.24) is 9.80 Å². The lowest BCUT2D eigenvalue weighted by molar-refractivity contribution is -0.150. The van der Waals surface area contributed by atoms with Gasteiger partial charge in [-0.15, -0.1) is 13.2 Å². The van der Waals surface area contributed by atoms with Gasteiger partial charge in [0.15, 0.2) is 11.6 Å². The van der Waals surface area contributed by atoms with Gasteiger partial charge in [-0.2, -0.15) is 0 Å². The molecule has 3 rings (SSSR count). The van der Waals surface area contributed by atoms with Gasteiger partial charge in [0.2, 0.25) is 0 Å². The van der Waals surface area contributed by atoms with Gasteiger partial charge in [-0.25, -0.2) is 19.2 Å². The molecule has 0 aliphatic carbocycles. The van der Waals surface area contributed by atoms with E-state index in [1.807, 2.05) is 30.3 Å². The monoisotopic (exact) mass is 628 g/mol. The van der Waals surface area contributed by atoms with Gasteiger partial charge < -0.3 is 18.9 Å². The van der Waals surface area contributed by atoms with E-state index in [1.165, 1.54) is 14.2 Å². The molecule has 0 spiro atoms. The Morgan fingerprint density at radius 2 is 1.24 bits per heavy atom. The molecule has 0 N–H and O–H groups in total. The van der Waals surface area contributed by atoms with Crippen LogP contribution in [0.2, 0.25) is 0 Å². The van der Waals surface area contributed by atoms with E-state index >= 15 is 0 Å². The Hall–Kier alpha value is -4.48. The fraction of sp³-hybridized carbons (Fsp3) is 0.515. The zero-order valence-electron chi connectivity index (χ0n) is 27.1. The predicted octanol–water partition coefficient (Wildman–Crippen LogP) is 4.26. The first-order valence-electron chi connectivity index (χ1n) is 14.4. The number of benzene rings is 1. The number of amides is 2. The number of Topliss-reactive ketones (excluding diaryl/α,β-unsaturated/α-hetero) is 2. The van der Waals surface area contributed by atoms with Crippen LogP contribution in [0.1, 0.15) is 53.0 Å². The summed E-state index contributed by atoms with van der Waals surface area (Å²) in [4.78, 5) is 75.9. The molecule has 4 atom stereocenters. The molecule has 12 heteroatoms. The number of methoxy groups -OCH3 is 2. The van der Waals surface area contributed by atoms with Crippen LogP contribution in [-0.2, 0) is 44.7 Å².